The van der Waals surface area contributed by atoms with E-state index in [0.717, 1.165) is 101 Å². The summed E-state index contributed by atoms with van der Waals surface area (Å²) >= 11 is 0. The van der Waals surface area contributed by atoms with Crippen LogP contribution in [0.4, 0.5) is 0 Å². The van der Waals surface area contributed by atoms with Crippen molar-refractivity contribution in [2.45, 2.75) is 158 Å². The predicted molar refractivity (Wildman–Crippen MR) is 234 cm³/mol. The Labute approximate surface area is 339 Å². The normalized spacial score (nSPS) is 14.9. The van der Waals surface area contributed by atoms with Crippen molar-refractivity contribution < 1.29 is 28.5 Å². The molecule has 310 valence electrons. The van der Waals surface area contributed by atoms with Crippen molar-refractivity contribution in [2.24, 2.45) is 23.7 Å². The van der Waals surface area contributed by atoms with Crippen molar-refractivity contribution in [1.82, 2.24) is 0 Å². The Bertz CT molecular complexity index is 1600. The van der Waals surface area contributed by atoms with E-state index in [9.17, 15) is 9.59 Å². The van der Waals surface area contributed by atoms with Gasteiger partial charge in [0.05, 0.1) is 26.4 Å². The second-order valence-corrected chi connectivity index (χ2v) is 16.4. The number of ether oxygens (including phenoxy) is 4. The molecule has 4 rings (SSSR count). The monoisotopic (exact) mass is 771 g/mol. The minimum Gasteiger partial charge on any atom is -0.489 e. The van der Waals surface area contributed by atoms with Crippen LogP contribution in [-0.4, -0.2) is 38.0 Å². The van der Waals surface area contributed by atoms with E-state index in [2.05, 4.69) is 67.5 Å². The molecule has 0 bridgehead atoms. The maximum absolute atomic E-state index is 13.9. The van der Waals surface area contributed by atoms with E-state index >= 15 is 0 Å². The smallest absolute Gasteiger partial charge is 0.187 e. The highest BCUT2D eigenvalue weighted by molar-refractivity contribution is 6.34. The van der Waals surface area contributed by atoms with Crippen LogP contribution >= 0.6 is 0 Å². The lowest BCUT2D eigenvalue weighted by Gasteiger charge is -2.24. The molecule has 56 heavy (non-hydrogen) atoms. The maximum Gasteiger partial charge on any atom is 0.187 e. The SMILES string of the molecule is CCCCC(CC)COc1cc2c3c(c4cc(OCC(CC)CCCC)c(OCC(CC)CCCC)cc4c2cc1OCC(CC)CCCC)C(=O)C=CC3=O. The zero-order chi connectivity index (χ0) is 40.5. The van der Waals surface area contributed by atoms with Gasteiger partial charge in [0, 0.05) is 11.1 Å². The van der Waals surface area contributed by atoms with Crippen LogP contribution in [0.2, 0.25) is 0 Å². The van der Waals surface area contributed by atoms with Crippen molar-refractivity contribution in [3.8, 4) is 23.0 Å². The molecule has 4 unspecified atom stereocenters. The number of benzene rings is 3. The first-order valence-electron chi connectivity index (χ1n) is 22.7. The van der Waals surface area contributed by atoms with Crippen LogP contribution in [0.5, 0.6) is 23.0 Å². The lowest BCUT2D eigenvalue weighted by atomic mass is 9.84. The molecule has 0 amide bonds. The molecule has 1 aliphatic carbocycles. The van der Waals surface area contributed by atoms with Crippen LogP contribution in [0, 0.1) is 23.7 Å². The van der Waals surface area contributed by atoms with Gasteiger partial charge in [0.25, 0.3) is 0 Å². The van der Waals surface area contributed by atoms with Gasteiger partial charge in [0.1, 0.15) is 0 Å². The maximum atomic E-state index is 13.9. The zero-order valence-electron chi connectivity index (χ0n) is 36.4. The quantitative estimate of drug-likeness (QED) is 0.0685. The molecule has 3 aromatic rings. The van der Waals surface area contributed by atoms with E-state index in [1.165, 1.54) is 25.0 Å². The molecule has 0 heterocycles. The molecule has 0 radical (unpaired) electrons. The van der Waals surface area contributed by atoms with E-state index < -0.39 is 0 Å². The van der Waals surface area contributed by atoms with E-state index in [1.54, 1.807) is 0 Å². The van der Waals surface area contributed by atoms with Crippen molar-refractivity contribution in [2.75, 3.05) is 26.4 Å². The van der Waals surface area contributed by atoms with Crippen LogP contribution in [0.15, 0.2) is 36.4 Å². The summed E-state index contributed by atoms with van der Waals surface area (Å²) in [4.78, 5) is 27.8. The first-order chi connectivity index (χ1) is 27.3. The summed E-state index contributed by atoms with van der Waals surface area (Å²) in [5, 5.41) is 3.11. The third-order valence-corrected chi connectivity index (χ3v) is 12.2. The predicted octanol–water partition coefficient (Wildman–Crippen LogP) is 14.3. The number of fused-ring (bicyclic) bond motifs is 6. The number of hydrogen-bond donors (Lipinski definition) is 0. The topological polar surface area (TPSA) is 71.1 Å². The third kappa shape index (κ3) is 12.0. The summed E-state index contributed by atoms with van der Waals surface area (Å²) in [6.45, 7) is 20.1. The van der Waals surface area contributed by atoms with E-state index in [1.807, 2.05) is 12.1 Å². The molecule has 1 aliphatic rings. The third-order valence-electron chi connectivity index (χ3n) is 12.2. The fraction of sp³-hybridized carbons (Fsp3) is 0.640. The molecular weight excluding hydrogens is 697 g/mol. The highest BCUT2D eigenvalue weighted by Gasteiger charge is 2.29. The molecule has 4 atom stereocenters. The summed E-state index contributed by atoms with van der Waals surface area (Å²) in [5.41, 5.74) is 0.840. The summed E-state index contributed by atoms with van der Waals surface area (Å²) in [6, 6.07) is 8.05. The Balaban J connectivity index is 1.95. The number of allylic oxidation sites excluding steroid dienone is 2. The first-order valence-corrected chi connectivity index (χ1v) is 22.7. The van der Waals surface area contributed by atoms with E-state index in [4.69, 9.17) is 18.9 Å². The first kappa shape index (κ1) is 45.2. The fourth-order valence-corrected chi connectivity index (χ4v) is 7.95. The Kier molecular flexibility index (Phi) is 19.1. The molecule has 6 nitrogen and oxygen atoms in total. The van der Waals surface area contributed by atoms with Gasteiger partial charge in [-0.15, -0.1) is 0 Å². The Morgan fingerprint density at radius 2 is 0.643 bits per heavy atom. The molecule has 0 aliphatic heterocycles. The van der Waals surface area contributed by atoms with Crippen molar-refractivity contribution in [1.29, 1.82) is 0 Å². The van der Waals surface area contributed by atoms with Crippen LogP contribution in [0.1, 0.15) is 179 Å². The van der Waals surface area contributed by atoms with Gasteiger partial charge in [0.15, 0.2) is 34.6 Å². The fourth-order valence-electron chi connectivity index (χ4n) is 7.95. The second kappa shape index (κ2) is 23.6. The number of carbonyl (C=O) groups is 2. The summed E-state index contributed by atoms with van der Waals surface area (Å²) in [7, 11) is 0. The molecule has 0 aromatic heterocycles. The standard InChI is InChI=1S/C50H74O6/c1-9-17-21-35(13-5)31-53-45-27-39-40-28-46(54-32-36(14-6)22-18-10-2)48(56-34-38(16-8)24-20-12-4)30-42(40)50-44(52)26-25-43(51)49(50)41(39)29-47(45)55-33-37(15-7)23-19-11-3/h25-30,35-38H,9-24,31-34H2,1-8H3. The van der Waals surface area contributed by atoms with E-state index in [0.29, 0.717) is 95.0 Å². The van der Waals surface area contributed by atoms with E-state index in [-0.39, 0.29) is 11.6 Å². The largest absolute Gasteiger partial charge is 0.489 e. The van der Waals surface area contributed by atoms with Gasteiger partial charge in [-0.05, 0) is 107 Å². The Hall–Kier alpha value is -3.54. The number of carbonyl (C=O) groups excluding carboxylic acids is 2. The Morgan fingerprint density at radius 3 is 0.875 bits per heavy atom. The van der Waals surface area contributed by atoms with Gasteiger partial charge < -0.3 is 18.9 Å². The molecule has 3 aromatic carbocycles. The van der Waals surface area contributed by atoms with Crippen LogP contribution < -0.4 is 18.9 Å². The van der Waals surface area contributed by atoms with Crippen LogP contribution in [0.3, 0.4) is 0 Å². The number of ketones is 2. The van der Waals surface area contributed by atoms with Crippen molar-refractivity contribution in [3.05, 3.63) is 47.5 Å². The Morgan fingerprint density at radius 1 is 0.393 bits per heavy atom. The highest BCUT2D eigenvalue weighted by atomic mass is 16.5. The number of hydrogen-bond acceptors (Lipinski definition) is 6. The minimum atomic E-state index is -0.179. The number of unbranched alkanes of at least 4 members (excludes halogenated alkanes) is 4. The van der Waals surface area contributed by atoms with Gasteiger partial charge in [-0.3, -0.25) is 9.59 Å². The number of rotatable bonds is 28. The average Bonchev–Trinajstić information content (AvgIpc) is 3.22. The van der Waals surface area contributed by atoms with Crippen LogP contribution in [0.25, 0.3) is 21.5 Å². The molecule has 0 spiro atoms. The summed E-state index contributed by atoms with van der Waals surface area (Å²) in [5.74, 6) is 3.95. The molecule has 0 saturated carbocycles. The van der Waals surface area contributed by atoms with Gasteiger partial charge >= 0.3 is 0 Å². The summed E-state index contributed by atoms with van der Waals surface area (Å²) in [6.07, 6.45) is 20.6. The molecule has 6 heteroatoms. The average molecular weight is 771 g/mol. The van der Waals surface area contributed by atoms with Gasteiger partial charge in [-0.25, -0.2) is 0 Å². The van der Waals surface area contributed by atoms with Crippen molar-refractivity contribution >= 4 is 33.1 Å². The molecular formula is C50H74O6. The lowest BCUT2D eigenvalue weighted by molar-refractivity contribution is 0.0996. The second-order valence-electron chi connectivity index (χ2n) is 16.4. The molecule has 0 N–H and O–H groups in total. The lowest BCUT2D eigenvalue weighted by Crippen LogP contribution is -2.16. The minimum absolute atomic E-state index is 0.179. The van der Waals surface area contributed by atoms with Crippen molar-refractivity contribution in [3.63, 3.8) is 0 Å². The molecule has 0 saturated heterocycles. The van der Waals surface area contributed by atoms with Gasteiger partial charge in [-0.1, -0.05) is 132 Å². The van der Waals surface area contributed by atoms with Crippen LogP contribution in [-0.2, 0) is 0 Å². The zero-order valence-corrected chi connectivity index (χ0v) is 36.4. The highest BCUT2D eigenvalue weighted by Crippen LogP contribution is 2.45. The summed E-state index contributed by atoms with van der Waals surface area (Å²) < 4.78 is 26.8. The molecule has 0 fully saturated rings. The van der Waals surface area contributed by atoms with Gasteiger partial charge in [0.2, 0.25) is 0 Å². The van der Waals surface area contributed by atoms with Gasteiger partial charge in [-0.2, -0.15) is 0 Å².